The maximum Gasteiger partial charge on any atom is 0.416 e. The zero-order valence-electron chi connectivity index (χ0n) is 31.0. The summed E-state index contributed by atoms with van der Waals surface area (Å²) in [5, 5.41) is 7.28. The topological polar surface area (TPSA) is 135 Å². The van der Waals surface area contributed by atoms with Gasteiger partial charge in [0.15, 0.2) is 5.69 Å². The second-order valence-corrected chi connectivity index (χ2v) is 15.2. The molecular weight excluding hydrogens is 748 g/mol. The van der Waals surface area contributed by atoms with Gasteiger partial charge in [-0.3, -0.25) is 4.57 Å². The van der Waals surface area contributed by atoms with Gasteiger partial charge in [0, 0.05) is 5.56 Å². The van der Waals surface area contributed by atoms with Gasteiger partial charge in [0.1, 0.15) is 22.4 Å². The van der Waals surface area contributed by atoms with Gasteiger partial charge in [0.05, 0.1) is 73.2 Å². The van der Waals surface area contributed by atoms with Crippen LogP contribution in [0, 0.1) is 13.5 Å². The van der Waals surface area contributed by atoms with Crippen molar-refractivity contribution in [3.8, 4) is 22.8 Å². The molecule has 56 heavy (non-hydrogen) atoms. The third-order valence-corrected chi connectivity index (χ3v) is 9.39. The Morgan fingerprint density at radius 1 is 0.929 bits per heavy atom. The van der Waals surface area contributed by atoms with Gasteiger partial charge in [-0.25, -0.2) is 32.1 Å². The third-order valence-electron chi connectivity index (χ3n) is 8.54. The highest BCUT2D eigenvalue weighted by Gasteiger charge is 2.32. The highest BCUT2D eigenvalue weighted by atomic mass is 32.2. The molecule has 290 valence electrons. The number of rotatable bonds is 8. The zero-order valence-corrected chi connectivity index (χ0v) is 31.8. The van der Waals surface area contributed by atoms with Gasteiger partial charge in [-0.05, 0) is 67.9 Å². The van der Waals surface area contributed by atoms with E-state index in [2.05, 4.69) is 36.4 Å². The Kier molecular flexibility index (Phi) is 11.8. The maximum atomic E-state index is 14.1. The minimum absolute atomic E-state index is 0.0431. The molecule has 6 aromatic rings. The van der Waals surface area contributed by atoms with Crippen LogP contribution < -0.4 is 11.0 Å². The van der Waals surface area contributed by atoms with Crippen LogP contribution in [0.3, 0.4) is 0 Å². The molecule has 0 aliphatic carbocycles. The Bertz CT molecular complexity index is 2550. The van der Waals surface area contributed by atoms with Crippen molar-refractivity contribution >= 4 is 21.8 Å². The molecule has 0 saturated carbocycles. The molecule has 0 radical (unpaired) electrons. The number of hydrogen-bond acceptors (Lipinski definition) is 6. The number of benzene rings is 4. The molecule has 4 aromatic carbocycles. The van der Waals surface area contributed by atoms with Crippen LogP contribution in [0.4, 0.5) is 23.7 Å². The lowest BCUT2D eigenvalue weighted by Gasteiger charge is -2.24. The summed E-state index contributed by atoms with van der Waals surface area (Å²) < 4.78 is 76.0. The number of nitrogens with zero attached hydrogens (tertiary/aromatic N) is 6. The van der Waals surface area contributed by atoms with Gasteiger partial charge in [0.25, 0.3) is 0 Å². The van der Waals surface area contributed by atoms with Crippen LogP contribution in [0.1, 0.15) is 35.3 Å². The fourth-order valence-corrected chi connectivity index (χ4v) is 6.45. The second-order valence-electron chi connectivity index (χ2n) is 13.8. The Morgan fingerprint density at radius 2 is 1.57 bits per heavy atom. The number of nitrogens with one attached hydrogen (secondary N) is 1. The molecule has 0 unspecified atom stereocenters. The highest BCUT2D eigenvalue weighted by Crippen LogP contribution is 2.32. The molecule has 6 rings (SSSR count). The summed E-state index contributed by atoms with van der Waals surface area (Å²) >= 11 is 0. The molecule has 2 aromatic heterocycles. The normalized spacial score (nSPS) is 12.3. The van der Waals surface area contributed by atoms with E-state index in [0.29, 0.717) is 17.1 Å². The fourth-order valence-electron chi connectivity index (χ4n) is 5.96. The molecule has 0 fully saturated rings. The first-order chi connectivity index (χ1) is 26.3. The summed E-state index contributed by atoms with van der Waals surface area (Å²) in [6.07, 6.45) is -3.14. The summed E-state index contributed by atoms with van der Waals surface area (Å²) in [5.41, 5.74) is 1.83. The molecule has 0 aliphatic rings. The summed E-state index contributed by atoms with van der Waals surface area (Å²) in [6.45, 7) is 11.4. The number of quaternary nitrogens is 1. The fraction of sp³-hybridized carbons (Fsp3) is 0.200. The summed E-state index contributed by atoms with van der Waals surface area (Å²) in [6, 6.07) is 26.3. The predicted octanol–water partition coefficient (Wildman–Crippen LogP) is 7.49. The van der Waals surface area contributed by atoms with E-state index in [0.717, 1.165) is 43.4 Å². The first kappa shape index (κ1) is 40.9. The van der Waals surface area contributed by atoms with Crippen molar-refractivity contribution in [3.63, 3.8) is 0 Å². The molecule has 1 amide bonds. The third kappa shape index (κ3) is 9.50. The van der Waals surface area contributed by atoms with Crippen LogP contribution in [0.5, 0.6) is 0 Å². The molecule has 2 heterocycles. The number of hydrogen-bond donors (Lipinski definition) is 1. The second kappa shape index (κ2) is 16.2. The average Bonchev–Trinajstić information content (AvgIpc) is 3.72. The monoisotopic (exact) mass is 785 g/mol. The lowest BCUT2D eigenvalue weighted by molar-refractivity contribution is -0.884. The molecule has 0 spiro atoms. The Balaban J connectivity index is 0.000000522. The van der Waals surface area contributed by atoms with Crippen molar-refractivity contribution in [2.24, 2.45) is 0 Å². The Labute approximate surface area is 321 Å². The molecule has 1 atom stereocenters. The van der Waals surface area contributed by atoms with E-state index in [1.54, 1.807) is 50.2 Å². The molecule has 16 heteroatoms. The van der Waals surface area contributed by atoms with Crippen molar-refractivity contribution < 1.29 is 35.4 Å². The lowest BCUT2D eigenvalue weighted by atomic mass is 10.1. The van der Waals surface area contributed by atoms with Crippen molar-refractivity contribution in [2.45, 2.75) is 37.5 Å². The van der Waals surface area contributed by atoms with Crippen LogP contribution in [-0.4, -0.2) is 63.5 Å². The summed E-state index contributed by atoms with van der Waals surface area (Å²) in [7, 11) is 2.02. The number of carbonyl (C=O) groups excluding carboxylic acids is 1. The largest absolute Gasteiger partial charge is 0.744 e. The van der Waals surface area contributed by atoms with Gasteiger partial charge in [-0.1, -0.05) is 60.7 Å². The number of alkyl halides is 3. The molecule has 1 N–H and O–H groups in total. The minimum Gasteiger partial charge on any atom is -0.744 e. The van der Waals surface area contributed by atoms with Crippen molar-refractivity contribution in [3.05, 3.63) is 160 Å². The number of carbonyl (C=O) groups is 1. The number of imidazole rings is 1. The molecule has 0 aliphatic heterocycles. The lowest BCUT2D eigenvalue weighted by Crippen LogP contribution is -2.38. The number of halogens is 3. The van der Waals surface area contributed by atoms with E-state index < -0.39 is 39.6 Å². The van der Waals surface area contributed by atoms with E-state index in [4.69, 9.17) is 6.57 Å². The maximum absolute atomic E-state index is 14.1. The van der Waals surface area contributed by atoms with Crippen LogP contribution >= 0.6 is 0 Å². The van der Waals surface area contributed by atoms with Crippen LogP contribution in [0.2, 0.25) is 0 Å². The highest BCUT2D eigenvalue weighted by molar-refractivity contribution is 7.85. The molecule has 0 saturated heterocycles. The molecular formula is C40H38F3N7O5S. The van der Waals surface area contributed by atoms with Crippen molar-refractivity contribution in [1.29, 1.82) is 0 Å². The minimum atomic E-state index is -4.64. The van der Waals surface area contributed by atoms with E-state index >= 15 is 0 Å². The van der Waals surface area contributed by atoms with E-state index in [1.165, 1.54) is 47.3 Å². The van der Waals surface area contributed by atoms with Gasteiger partial charge >= 0.3 is 17.9 Å². The van der Waals surface area contributed by atoms with Crippen molar-refractivity contribution in [1.82, 2.24) is 24.2 Å². The van der Waals surface area contributed by atoms with Gasteiger partial charge in [0.2, 0.25) is 0 Å². The van der Waals surface area contributed by atoms with Gasteiger partial charge < -0.3 is 14.4 Å². The van der Waals surface area contributed by atoms with Crippen LogP contribution in [0.15, 0.2) is 125 Å². The van der Waals surface area contributed by atoms with Crippen molar-refractivity contribution in [2.75, 3.05) is 21.1 Å². The summed E-state index contributed by atoms with van der Waals surface area (Å²) in [4.78, 5) is 31.2. The predicted molar refractivity (Wildman–Crippen MR) is 204 cm³/mol. The number of amides is 1. The van der Waals surface area contributed by atoms with Gasteiger partial charge in [-0.2, -0.15) is 18.3 Å². The first-order valence-electron chi connectivity index (χ1n) is 17.0. The Hall–Kier alpha value is -6.28. The van der Waals surface area contributed by atoms with Gasteiger partial charge in [-0.15, -0.1) is 0 Å². The van der Waals surface area contributed by atoms with Crippen LogP contribution in [0.25, 0.3) is 27.6 Å². The average molecular weight is 786 g/mol. The Morgan fingerprint density at radius 3 is 2.12 bits per heavy atom. The standard InChI is InChI=1S/C34H32F3N7O2.C6H6O3S/c1-22(25-12-10-24(11-13-25)21-44(4,5)6)40-32(45)42-31(30-18-19-39-43(30)28-16-14-27(38-3)15-17-28)23(2)41(33(42)46)29-9-7-8-26(20-29)34(35,36)37;7-10(8,9)6-4-2-1-3-5-6/h7-20,22H,21H2,1-2,4-6H3;1-5H,(H,7,8,9)/t22-;/m0./s1. The van der Waals surface area contributed by atoms with E-state index in [-0.39, 0.29) is 22.0 Å². The van der Waals surface area contributed by atoms with Crippen LogP contribution in [-0.2, 0) is 22.8 Å². The zero-order chi connectivity index (χ0) is 41.0. The first-order valence-corrected chi connectivity index (χ1v) is 18.4. The summed E-state index contributed by atoms with van der Waals surface area (Å²) in [5.74, 6) is 0. The number of aromatic nitrogens is 4. The van der Waals surface area contributed by atoms with E-state index in [9.17, 15) is 35.7 Å². The smallest absolute Gasteiger partial charge is 0.416 e. The SMILES string of the molecule is O=S(=O)([O-])c1ccccc1.[C-]#[N+]c1ccc(-n2nccc2-c2c(C)n(-c3cccc(C(F)(F)F)c3)c(=O)n2C(=O)N[C@@H](C)c2ccc(C[N+](C)(C)C)cc2)cc1. The van der Waals surface area contributed by atoms with E-state index in [1.807, 2.05) is 24.3 Å². The quantitative estimate of drug-likeness (QED) is 0.0966. The molecule has 0 bridgehead atoms. The molecule has 12 nitrogen and oxygen atoms in total.